The summed E-state index contributed by atoms with van der Waals surface area (Å²) in [5.74, 6) is 0.0864. The van der Waals surface area contributed by atoms with Crippen molar-refractivity contribution in [2.45, 2.75) is 70.6 Å². The lowest BCUT2D eigenvalue weighted by Gasteiger charge is -2.25. The zero-order valence-corrected chi connectivity index (χ0v) is 10.7. The first-order valence-corrected chi connectivity index (χ1v) is 6.74. The Hall–Kier alpha value is -0.450. The summed E-state index contributed by atoms with van der Waals surface area (Å²) >= 11 is 0. The van der Waals surface area contributed by atoms with Gasteiger partial charge in [0.25, 0.3) is 0 Å². The molecule has 0 aromatic carbocycles. The summed E-state index contributed by atoms with van der Waals surface area (Å²) in [5, 5.41) is 0. The second kappa shape index (κ2) is 5.94. The number of rotatable bonds is 7. The van der Waals surface area contributed by atoms with Crippen LogP contribution in [-0.4, -0.2) is 37.0 Å². The fourth-order valence-corrected chi connectivity index (χ4v) is 2.21. The monoisotopic (exact) mass is 242 g/mol. The minimum atomic E-state index is -0.334. The summed E-state index contributed by atoms with van der Waals surface area (Å²) in [6, 6.07) is 0. The molecule has 2 saturated heterocycles. The Kier molecular flexibility index (Phi) is 4.54. The number of fused-ring (bicyclic) bond motifs is 1. The lowest BCUT2D eigenvalue weighted by atomic mass is 10.0. The summed E-state index contributed by atoms with van der Waals surface area (Å²) in [5.41, 5.74) is 0. The zero-order valence-electron chi connectivity index (χ0n) is 10.7. The highest BCUT2D eigenvalue weighted by atomic mass is 16.7. The van der Waals surface area contributed by atoms with E-state index in [2.05, 4.69) is 6.92 Å². The minimum Gasteiger partial charge on any atom is -0.356 e. The quantitative estimate of drug-likeness (QED) is 0.506. The molecule has 4 atom stereocenters. The average molecular weight is 242 g/mol. The fourth-order valence-electron chi connectivity index (χ4n) is 2.21. The third-order valence-electron chi connectivity index (χ3n) is 3.34. The molecule has 0 spiro atoms. The van der Waals surface area contributed by atoms with Crippen LogP contribution in [0.3, 0.4) is 0 Å². The topological polar surface area (TPSA) is 48.1 Å². The second-order valence-electron chi connectivity index (χ2n) is 4.76. The van der Waals surface area contributed by atoms with Gasteiger partial charge in [-0.05, 0) is 12.8 Å². The third kappa shape index (κ3) is 3.06. The highest BCUT2D eigenvalue weighted by Crippen LogP contribution is 2.36. The number of hydrogen-bond donors (Lipinski definition) is 0. The van der Waals surface area contributed by atoms with Crippen molar-refractivity contribution >= 4 is 5.78 Å². The van der Waals surface area contributed by atoms with Crippen molar-refractivity contribution in [1.29, 1.82) is 0 Å². The Balaban J connectivity index is 1.69. The largest absolute Gasteiger partial charge is 0.356 e. The van der Waals surface area contributed by atoms with Crippen LogP contribution in [0.15, 0.2) is 0 Å². The van der Waals surface area contributed by atoms with Gasteiger partial charge in [-0.2, -0.15) is 0 Å². The lowest BCUT2D eigenvalue weighted by molar-refractivity contribution is -0.191. The van der Waals surface area contributed by atoms with Crippen molar-refractivity contribution in [2.75, 3.05) is 6.61 Å². The molecule has 0 amide bonds. The van der Waals surface area contributed by atoms with Crippen molar-refractivity contribution in [3.8, 4) is 0 Å². The number of carbonyl (C=O) groups is 1. The smallest absolute Gasteiger partial charge is 0.193 e. The van der Waals surface area contributed by atoms with Gasteiger partial charge in [0, 0.05) is 6.61 Å². The van der Waals surface area contributed by atoms with Crippen LogP contribution in [0.25, 0.3) is 0 Å². The van der Waals surface area contributed by atoms with E-state index in [-0.39, 0.29) is 30.4 Å². The molecule has 0 aliphatic carbocycles. The van der Waals surface area contributed by atoms with Gasteiger partial charge >= 0.3 is 0 Å². The summed E-state index contributed by atoms with van der Waals surface area (Å²) in [7, 11) is 0. The predicted octanol–water partition coefficient (Wildman–Crippen LogP) is 2.05. The van der Waals surface area contributed by atoms with E-state index in [0.29, 0.717) is 13.0 Å². The first-order chi connectivity index (χ1) is 8.27. The molecule has 4 nitrogen and oxygen atoms in total. The van der Waals surface area contributed by atoms with Gasteiger partial charge in [0.2, 0.25) is 0 Å². The van der Waals surface area contributed by atoms with Crippen molar-refractivity contribution in [2.24, 2.45) is 0 Å². The van der Waals surface area contributed by atoms with Gasteiger partial charge in [-0.3, -0.25) is 4.79 Å². The molecule has 0 aromatic heterocycles. The van der Waals surface area contributed by atoms with Gasteiger partial charge in [0.15, 0.2) is 18.2 Å². The molecule has 0 saturated carbocycles. The third-order valence-corrected chi connectivity index (χ3v) is 3.34. The molecule has 4 unspecified atom stereocenters. The Bertz CT molecular complexity index is 266. The number of ether oxygens (including phenoxy) is 3. The van der Waals surface area contributed by atoms with Crippen LogP contribution in [0.4, 0.5) is 0 Å². The molecule has 17 heavy (non-hydrogen) atoms. The molecule has 2 rings (SSSR count). The SMILES string of the molecule is CCCCCCOC1OC(CC)C(=O)C2OC12. The van der Waals surface area contributed by atoms with E-state index in [1.807, 2.05) is 6.92 Å². The maximum absolute atomic E-state index is 11.7. The first kappa shape index (κ1) is 13.0. The molecule has 2 heterocycles. The van der Waals surface area contributed by atoms with Gasteiger partial charge in [-0.25, -0.2) is 0 Å². The zero-order chi connectivity index (χ0) is 12.3. The number of hydrogen-bond acceptors (Lipinski definition) is 4. The number of Topliss-reactive ketones (excluding diaryl/α,β-unsaturated/α-hetero) is 1. The number of unbranched alkanes of at least 4 members (excludes halogenated alkanes) is 3. The van der Waals surface area contributed by atoms with E-state index >= 15 is 0 Å². The standard InChI is InChI=1S/C13H22O4/c1-3-5-6-7-8-15-13-12-11(17-12)10(14)9(4-2)16-13/h9,11-13H,3-8H2,1-2H3. The Morgan fingerprint density at radius 1 is 1.18 bits per heavy atom. The molecule has 0 bridgehead atoms. The van der Waals surface area contributed by atoms with Crippen molar-refractivity contribution in [3.05, 3.63) is 0 Å². The Labute approximate surface area is 103 Å². The van der Waals surface area contributed by atoms with E-state index in [1.165, 1.54) is 19.3 Å². The van der Waals surface area contributed by atoms with Crippen LogP contribution in [-0.2, 0) is 19.0 Å². The molecular formula is C13H22O4. The number of ketones is 1. The summed E-state index contributed by atoms with van der Waals surface area (Å²) < 4.78 is 16.6. The van der Waals surface area contributed by atoms with Gasteiger partial charge in [0.05, 0.1) is 0 Å². The van der Waals surface area contributed by atoms with Gasteiger partial charge in [-0.1, -0.05) is 33.1 Å². The highest BCUT2D eigenvalue weighted by molar-refractivity contribution is 5.90. The average Bonchev–Trinajstić information content (AvgIpc) is 3.12. The predicted molar refractivity (Wildman–Crippen MR) is 62.7 cm³/mol. The Morgan fingerprint density at radius 2 is 2.00 bits per heavy atom. The molecule has 2 fully saturated rings. The van der Waals surface area contributed by atoms with Crippen LogP contribution in [0, 0.1) is 0 Å². The van der Waals surface area contributed by atoms with Crippen LogP contribution in [0.1, 0.15) is 46.0 Å². The molecule has 2 aliphatic heterocycles. The second-order valence-corrected chi connectivity index (χ2v) is 4.76. The fraction of sp³-hybridized carbons (Fsp3) is 0.923. The maximum atomic E-state index is 11.7. The summed E-state index contributed by atoms with van der Waals surface area (Å²) in [6.07, 6.45) is 4.34. The number of epoxide rings is 1. The Morgan fingerprint density at radius 3 is 2.71 bits per heavy atom. The van der Waals surface area contributed by atoms with Crippen LogP contribution in [0.2, 0.25) is 0 Å². The van der Waals surface area contributed by atoms with E-state index in [0.717, 1.165) is 6.42 Å². The van der Waals surface area contributed by atoms with E-state index in [9.17, 15) is 4.79 Å². The maximum Gasteiger partial charge on any atom is 0.193 e. The van der Waals surface area contributed by atoms with Crippen LogP contribution >= 0.6 is 0 Å². The van der Waals surface area contributed by atoms with E-state index in [4.69, 9.17) is 14.2 Å². The first-order valence-electron chi connectivity index (χ1n) is 6.74. The van der Waals surface area contributed by atoms with E-state index in [1.54, 1.807) is 0 Å². The molecule has 2 aliphatic rings. The molecule has 4 heteroatoms. The van der Waals surface area contributed by atoms with Crippen molar-refractivity contribution in [1.82, 2.24) is 0 Å². The van der Waals surface area contributed by atoms with Crippen molar-refractivity contribution < 1.29 is 19.0 Å². The van der Waals surface area contributed by atoms with Crippen LogP contribution in [0.5, 0.6) is 0 Å². The molecule has 0 radical (unpaired) electrons. The van der Waals surface area contributed by atoms with Crippen molar-refractivity contribution in [3.63, 3.8) is 0 Å². The summed E-state index contributed by atoms with van der Waals surface area (Å²) in [6.45, 7) is 4.83. The number of carbonyl (C=O) groups excluding carboxylic acids is 1. The molecule has 98 valence electrons. The summed E-state index contributed by atoms with van der Waals surface area (Å²) in [4.78, 5) is 11.7. The normalized spacial score (nSPS) is 35.8. The van der Waals surface area contributed by atoms with Gasteiger partial charge in [-0.15, -0.1) is 0 Å². The highest BCUT2D eigenvalue weighted by Gasteiger charge is 2.57. The molecule has 0 aromatic rings. The van der Waals surface area contributed by atoms with Gasteiger partial charge in [0.1, 0.15) is 12.2 Å². The molecular weight excluding hydrogens is 220 g/mol. The molecule has 0 N–H and O–H groups in total. The van der Waals surface area contributed by atoms with Gasteiger partial charge < -0.3 is 14.2 Å². The minimum absolute atomic E-state index is 0.0864. The van der Waals surface area contributed by atoms with Crippen LogP contribution < -0.4 is 0 Å². The lowest BCUT2D eigenvalue weighted by Crippen LogP contribution is -2.42. The van der Waals surface area contributed by atoms with E-state index < -0.39 is 0 Å².